The summed E-state index contributed by atoms with van der Waals surface area (Å²) in [6, 6.07) is 0. The van der Waals surface area contributed by atoms with E-state index in [9.17, 15) is 9.90 Å². The predicted octanol–water partition coefficient (Wildman–Crippen LogP) is -1.76. The largest absolute Gasteiger partial charge is 1.00 e. The fourth-order valence-corrected chi connectivity index (χ4v) is 1.03. The van der Waals surface area contributed by atoms with Gasteiger partial charge in [0.05, 0.1) is 5.97 Å². The molecule has 0 aliphatic rings. The predicted molar refractivity (Wildman–Crippen MR) is 60.8 cm³/mol. The average molecular weight is 257 g/mol. The van der Waals surface area contributed by atoms with Crippen molar-refractivity contribution in [3.05, 3.63) is 11.6 Å². The van der Waals surface area contributed by atoms with Gasteiger partial charge >= 0.3 is 0 Å². The van der Waals surface area contributed by atoms with Crippen molar-refractivity contribution in [3.63, 3.8) is 0 Å². The number of halogens is 1. The summed E-state index contributed by atoms with van der Waals surface area (Å²) in [5.41, 5.74) is -0.0881. The maximum Gasteiger partial charge on any atom is 0.0677 e. The molecule has 0 saturated carbocycles. The summed E-state index contributed by atoms with van der Waals surface area (Å²) in [6.07, 6.45) is 2.80. The number of allylic oxidation sites excluding steroid dienone is 1. The number of carbonyl (C=O) groups excluding carboxylic acids is 1. The molecule has 0 fully saturated rings. The lowest BCUT2D eigenvalue weighted by atomic mass is 9.86. The van der Waals surface area contributed by atoms with Gasteiger partial charge in [-0.2, -0.15) is 0 Å². The van der Waals surface area contributed by atoms with Gasteiger partial charge in [0.1, 0.15) is 0 Å². The van der Waals surface area contributed by atoms with Crippen LogP contribution in [0.25, 0.3) is 0 Å². The molecule has 0 heterocycles. The Morgan fingerprint density at radius 3 is 2.00 bits per heavy atom. The zero-order valence-electron chi connectivity index (χ0n) is 10.8. The van der Waals surface area contributed by atoms with Crippen molar-refractivity contribution in [1.82, 2.24) is 12.3 Å². The van der Waals surface area contributed by atoms with Crippen molar-refractivity contribution < 1.29 is 27.4 Å². The second-order valence-electron chi connectivity index (χ2n) is 4.02. The summed E-state index contributed by atoms with van der Waals surface area (Å²) in [6.45, 7) is 5.57. The second-order valence-corrected chi connectivity index (χ2v) is 4.02. The normalized spacial score (nSPS) is 10.6. The number of carbonyl (C=O) groups is 1. The highest BCUT2D eigenvalue weighted by atomic mass is 35.5. The third-order valence-corrected chi connectivity index (χ3v) is 1.74. The van der Waals surface area contributed by atoms with Crippen LogP contribution in [0.15, 0.2) is 11.6 Å². The van der Waals surface area contributed by atoms with Crippen LogP contribution in [0.3, 0.4) is 0 Å². The van der Waals surface area contributed by atoms with E-state index in [1.54, 1.807) is 6.08 Å². The molecule has 0 unspecified atom stereocenters. The number of rotatable bonds is 4. The first-order valence-electron chi connectivity index (χ1n) is 4.42. The molecule has 9 N–H and O–H groups in total. The molecule has 0 aromatic carbocycles. The Labute approximate surface area is 104 Å². The van der Waals surface area contributed by atoms with E-state index in [0.717, 1.165) is 0 Å². The molecule has 5 nitrogen and oxygen atoms in total. The number of carboxylic acids is 1. The summed E-state index contributed by atoms with van der Waals surface area (Å²) in [7, 11) is 0. The number of aliphatic hydroxyl groups is 1. The summed E-state index contributed by atoms with van der Waals surface area (Å²) in [4.78, 5) is 10.7. The lowest BCUT2D eigenvalue weighted by molar-refractivity contribution is -0.300. The summed E-state index contributed by atoms with van der Waals surface area (Å²) >= 11 is 0. The van der Waals surface area contributed by atoms with Crippen molar-refractivity contribution in [2.24, 2.45) is 5.41 Å². The van der Waals surface area contributed by atoms with Gasteiger partial charge < -0.3 is 39.7 Å². The molecule has 0 aliphatic carbocycles. The Hall–Kier alpha value is -0.620. The number of quaternary nitrogens is 2. The van der Waals surface area contributed by atoms with Crippen LogP contribution in [0.2, 0.25) is 0 Å². The molecule has 0 aromatic rings. The maximum atomic E-state index is 10.7. The molecular weight excluding hydrogens is 232 g/mol. The minimum absolute atomic E-state index is 0. The highest BCUT2D eigenvalue weighted by Gasteiger charge is 2.17. The van der Waals surface area contributed by atoms with Gasteiger partial charge in [0.15, 0.2) is 0 Å². The van der Waals surface area contributed by atoms with Gasteiger partial charge in [0.2, 0.25) is 0 Å². The van der Waals surface area contributed by atoms with E-state index in [0.29, 0.717) is 18.4 Å². The van der Waals surface area contributed by atoms with Gasteiger partial charge in [-0.15, -0.1) is 0 Å². The standard InChI is InChI=1S/C10H18O3.ClH.2H3N/c1-10(2,3)8(9(12)13)6-4-5-7-11;;;/h6,11H,4-5,7H2,1-3H3,(H,12,13);1H;2*1H3. The van der Waals surface area contributed by atoms with E-state index >= 15 is 0 Å². The van der Waals surface area contributed by atoms with E-state index in [2.05, 4.69) is 0 Å². The SMILES string of the molecule is CC(C)(C)C(=CCCCO)C(=O)[O-].[Cl-].[NH4+].[NH4+]. The van der Waals surface area contributed by atoms with Crippen LogP contribution in [-0.2, 0) is 4.79 Å². The molecule has 0 rings (SSSR count). The number of aliphatic carboxylic acids is 1. The summed E-state index contributed by atoms with van der Waals surface area (Å²) in [5, 5.41) is 19.2. The molecule has 16 heavy (non-hydrogen) atoms. The van der Waals surface area contributed by atoms with E-state index < -0.39 is 11.4 Å². The molecule has 0 spiro atoms. The number of hydrogen-bond donors (Lipinski definition) is 3. The monoisotopic (exact) mass is 256 g/mol. The van der Waals surface area contributed by atoms with Crippen LogP contribution in [0, 0.1) is 5.41 Å². The molecule has 0 aliphatic heterocycles. The summed E-state index contributed by atoms with van der Waals surface area (Å²) < 4.78 is 0. The zero-order chi connectivity index (χ0) is 10.5. The van der Waals surface area contributed by atoms with E-state index in [-0.39, 0.29) is 31.3 Å². The minimum atomic E-state index is -1.12. The fraction of sp³-hybridized carbons (Fsp3) is 0.700. The van der Waals surface area contributed by atoms with Gasteiger partial charge in [-0.25, -0.2) is 0 Å². The van der Waals surface area contributed by atoms with Gasteiger partial charge in [0, 0.05) is 6.61 Å². The van der Waals surface area contributed by atoms with Crippen molar-refractivity contribution in [2.45, 2.75) is 33.6 Å². The first kappa shape index (κ1) is 24.6. The number of hydrogen-bond acceptors (Lipinski definition) is 3. The number of aliphatic hydroxyl groups excluding tert-OH is 1. The highest BCUT2D eigenvalue weighted by molar-refractivity contribution is 5.86. The first-order chi connectivity index (χ1) is 5.89. The van der Waals surface area contributed by atoms with Crippen molar-refractivity contribution in [2.75, 3.05) is 6.61 Å². The second kappa shape index (κ2) is 10.9. The molecule has 6 heteroatoms. The lowest BCUT2D eigenvalue weighted by Crippen LogP contribution is -3.00. The van der Waals surface area contributed by atoms with Crippen LogP contribution in [-0.4, -0.2) is 17.7 Å². The molecule has 0 saturated heterocycles. The third-order valence-electron chi connectivity index (χ3n) is 1.74. The van der Waals surface area contributed by atoms with Gasteiger partial charge in [-0.1, -0.05) is 26.8 Å². The molecule has 100 valence electrons. The molecular formula is C10H25ClN2O3. The summed E-state index contributed by atoms with van der Waals surface area (Å²) in [5.74, 6) is -1.12. The van der Waals surface area contributed by atoms with Gasteiger partial charge in [-0.3, -0.25) is 0 Å². The minimum Gasteiger partial charge on any atom is -1.00 e. The number of carboxylic acid groups (broad SMARTS) is 1. The first-order valence-corrected chi connectivity index (χ1v) is 4.42. The van der Waals surface area contributed by atoms with Gasteiger partial charge in [0.25, 0.3) is 0 Å². The fourth-order valence-electron chi connectivity index (χ4n) is 1.03. The smallest absolute Gasteiger partial charge is 0.0677 e. The Morgan fingerprint density at radius 1 is 1.31 bits per heavy atom. The topological polar surface area (TPSA) is 133 Å². The van der Waals surface area contributed by atoms with Crippen molar-refractivity contribution in [3.8, 4) is 0 Å². The Morgan fingerprint density at radius 2 is 1.75 bits per heavy atom. The van der Waals surface area contributed by atoms with Crippen molar-refractivity contribution >= 4 is 5.97 Å². The van der Waals surface area contributed by atoms with E-state index in [1.165, 1.54) is 0 Å². The van der Waals surface area contributed by atoms with Gasteiger partial charge in [-0.05, 0) is 23.8 Å². The molecule has 0 atom stereocenters. The molecule has 0 aromatic heterocycles. The van der Waals surface area contributed by atoms with Crippen LogP contribution in [0.5, 0.6) is 0 Å². The van der Waals surface area contributed by atoms with Crippen LogP contribution in [0.4, 0.5) is 0 Å². The highest BCUT2D eigenvalue weighted by Crippen LogP contribution is 2.25. The third kappa shape index (κ3) is 9.92. The Balaban J connectivity index is -0.000000240. The Bertz CT molecular complexity index is 213. The van der Waals surface area contributed by atoms with Crippen LogP contribution < -0.4 is 29.8 Å². The zero-order valence-corrected chi connectivity index (χ0v) is 11.6. The van der Waals surface area contributed by atoms with E-state index in [4.69, 9.17) is 5.11 Å². The Kier molecular flexibility index (Phi) is 16.7. The lowest BCUT2D eigenvalue weighted by Gasteiger charge is -2.23. The van der Waals surface area contributed by atoms with Crippen LogP contribution >= 0.6 is 0 Å². The quantitative estimate of drug-likeness (QED) is 0.406. The molecule has 0 amide bonds. The maximum absolute atomic E-state index is 10.7. The number of unbranched alkanes of at least 4 members (excludes halogenated alkanes) is 1. The van der Waals surface area contributed by atoms with Crippen LogP contribution in [0.1, 0.15) is 33.6 Å². The van der Waals surface area contributed by atoms with Crippen molar-refractivity contribution in [1.29, 1.82) is 0 Å². The van der Waals surface area contributed by atoms with E-state index in [1.807, 2.05) is 20.8 Å². The molecule has 0 bridgehead atoms. The average Bonchev–Trinajstić information content (AvgIpc) is 1.94. The molecule has 0 radical (unpaired) electrons.